The zero-order valence-corrected chi connectivity index (χ0v) is 10.7. The standard InChI is InChI=1S/C16H17FO/c1-12(10-13-6-4-3-5-7-13)15-11-14(17)8-9-16(15)18-2/h3-9,11-12H,10H2,1-2H3. The highest BCUT2D eigenvalue weighted by molar-refractivity contribution is 5.37. The van der Waals surface area contributed by atoms with E-state index in [0.717, 1.165) is 17.7 Å². The molecule has 94 valence electrons. The molecule has 18 heavy (non-hydrogen) atoms. The van der Waals surface area contributed by atoms with Crippen molar-refractivity contribution in [2.45, 2.75) is 19.3 Å². The molecule has 0 aliphatic rings. The highest BCUT2D eigenvalue weighted by Crippen LogP contribution is 2.29. The lowest BCUT2D eigenvalue weighted by atomic mass is 9.93. The predicted molar refractivity (Wildman–Crippen MR) is 71.5 cm³/mol. The Hall–Kier alpha value is -1.83. The summed E-state index contributed by atoms with van der Waals surface area (Å²) in [6, 6.07) is 14.9. The van der Waals surface area contributed by atoms with E-state index in [1.165, 1.54) is 11.6 Å². The van der Waals surface area contributed by atoms with Crippen molar-refractivity contribution in [2.75, 3.05) is 7.11 Å². The van der Waals surface area contributed by atoms with Gasteiger partial charge >= 0.3 is 0 Å². The Morgan fingerprint density at radius 2 is 1.83 bits per heavy atom. The average molecular weight is 244 g/mol. The molecular formula is C16H17FO. The van der Waals surface area contributed by atoms with Crippen LogP contribution in [0.1, 0.15) is 24.0 Å². The van der Waals surface area contributed by atoms with E-state index in [2.05, 4.69) is 19.1 Å². The number of hydrogen-bond donors (Lipinski definition) is 0. The molecule has 1 atom stereocenters. The van der Waals surface area contributed by atoms with Gasteiger partial charge in [0.1, 0.15) is 11.6 Å². The number of halogens is 1. The van der Waals surface area contributed by atoms with Gasteiger partial charge in [-0.05, 0) is 36.1 Å². The van der Waals surface area contributed by atoms with Crippen molar-refractivity contribution in [2.24, 2.45) is 0 Å². The Balaban J connectivity index is 2.23. The fraction of sp³-hybridized carbons (Fsp3) is 0.250. The molecule has 0 bridgehead atoms. The number of ether oxygens (including phenoxy) is 1. The van der Waals surface area contributed by atoms with Crippen LogP contribution in [-0.4, -0.2) is 7.11 Å². The molecule has 0 aliphatic heterocycles. The van der Waals surface area contributed by atoms with Crippen molar-refractivity contribution in [3.63, 3.8) is 0 Å². The van der Waals surface area contributed by atoms with Crippen LogP contribution < -0.4 is 4.74 Å². The smallest absolute Gasteiger partial charge is 0.123 e. The third-order valence-corrected chi connectivity index (χ3v) is 3.11. The molecule has 2 aromatic rings. The largest absolute Gasteiger partial charge is 0.496 e. The van der Waals surface area contributed by atoms with E-state index in [4.69, 9.17) is 4.74 Å². The molecule has 2 heteroatoms. The second-order valence-electron chi connectivity index (χ2n) is 4.48. The molecule has 0 fully saturated rings. The molecule has 0 saturated carbocycles. The van der Waals surface area contributed by atoms with E-state index in [9.17, 15) is 4.39 Å². The van der Waals surface area contributed by atoms with Gasteiger partial charge in [-0.1, -0.05) is 37.3 Å². The third kappa shape index (κ3) is 2.89. The van der Waals surface area contributed by atoms with Crippen molar-refractivity contribution >= 4 is 0 Å². The van der Waals surface area contributed by atoms with E-state index in [1.54, 1.807) is 19.2 Å². The first-order valence-electron chi connectivity index (χ1n) is 6.08. The maximum absolute atomic E-state index is 13.3. The van der Waals surface area contributed by atoms with Gasteiger partial charge in [0, 0.05) is 5.56 Å². The minimum absolute atomic E-state index is 0.217. The van der Waals surface area contributed by atoms with Crippen molar-refractivity contribution in [3.05, 3.63) is 65.5 Å². The summed E-state index contributed by atoms with van der Waals surface area (Å²) < 4.78 is 18.6. The van der Waals surface area contributed by atoms with Crippen LogP contribution in [-0.2, 0) is 6.42 Å². The van der Waals surface area contributed by atoms with Crippen LogP contribution in [0.5, 0.6) is 5.75 Å². The number of benzene rings is 2. The van der Waals surface area contributed by atoms with Crippen LogP contribution in [0, 0.1) is 5.82 Å². The predicted octanol–water partition coefficient (Wildman–Crippen LogP) is 4.18. The minimum Gasteiger partial charge on any atom is -0.496 e. The van der Waals surface area contributed by atoms with Crippen LogP contribution in [0.3, 0.4) is 0 Å². The van der Waals surface area contributed by atoms with Crippen LogP contribution in [0.15, 0.2) is 48.5 Å². The molecule has 2 rings (SSSR count). The summed E-state index contributed by atoms with van der Waals surface area (Å²) >= 11 is 0. The maximum atomic E-state index is 13.3. The minimum atomic E-state index is -0.217. The van der Waals surface area contributed by atoms with E-state index in [-0.39, 0.29) is 11.7 Å². The van der Waals surface area contributed by atoms with Gasteiger partial charge in [0.25, 0.3) is 0 Å². The molecule has 0 radical (unpaired) electrons. The van der Waals surface area contributed by atoms with Gasteiger partial charge in [-0.15, -0.1) is 0 Å². The molecule has 0 saturated heterocycles. The van der Waals surface area contributed by atoms with Gasteiger partial charge in [0.05, 0.1) is 7.11 Å². The topological polar surface area (TPSA) is 9.23 Å². The van der Waals surface area contributed by atoms with E-state index >= 15 is 0 Å². The lowest BCUT2D eigenvalue weighted by Gasteiger charge is -2.15. The molecular weight excluding hydrogens is 227 g/mol. The van der Waals surface area contributed by atoms with Crippen molar-refractivity contribution < 1.29 is 9.13 Å². The number of methoxy groups -OCH3 is 1. The second-order valence-corrected chi connectivity index (χ2v) is 4.48. The highest BCUT2D eigenvalue weighted by Gasteiger charge is 2.13. The van der Waals surface area contributed by atoms with Crippen LogP contribution in [0.2, 0.25) is 0 Å². The second kappa shape index (κ2) is 5.67. The Bertz CT molecular complexity index is 508. The van der Waals surface area contributed by atoms with E-state index in [1.807, 2.05) is 18.2 Å². The maximum Gasteiger partial charge on any atom is 0.123 e. The average Bonchev–Trinajstić information content (AvgIpc) is 2.40. The lowest BCUT2D eigenvalue weighted by Crippen LogP contribution is -2.02. The van der Waals surface area contributed by atoms with Gasteiger partial charge in [-0.2, -0.15) is 0 Å². The molecule has 0 N–H and O–H groups in total. The molecule has 1 unspecified atom stereocenters. The number of hydrogen-bond acceptors (Lipinski definition) is 1. The van der Waals surface area contributed by atoms with Crippen LogP contribution >= 0.6 is 0 Å². The van der Waals surface area contributed by atoms with Gasteiger partial charge < -0.3 is 4.74 Å². The van der Waals surface area contributed by atoms with Crippen LogP contribution in [0.25, 0.3) is 0 Å². The summed E-state index contributed by atoms with van der Waals surface area (Å²) in [6.45, 7) is 2.09. The van der Waals surface area contributed by atoms with Crippen molar-refractivity contribution in [3.8, 4) is 5.75 Å². The summed E-state index contributed by atoms with van der Waals surface area (Å²) in [7, 11) is 1.62. The summed E-state index contributed by atoms with van der Waals surface area (Å²) in [4.78, 5) is 0. The van der Waals surface area contributed by atoms with Crippen molar-refractivity contribution in [1.29, 1.82) is 0 Å². The quantitative estimate of drug-likeness (QED) is 0.784. The van der Waals surface area contributed by atoms with Gasteiger partial charge in [0.15, 0.2) is 0 Å². The molecule has 0 aromatic heterocycles. The first-order valence-corrected chi connectivity index (χ1v) is 6.08. The Kier molecular flexibility index (Phi) is 3.98. The van der Waals surface area contributed by atoms with Crippen molar-refractivity contribution in [1.82, 2.24) is 0 Å². The van der Waals surface area contributed by atoms with Gasteiger partial charge in [-0.25, -0.2) is 4.39 Å². The first kappa shape index (κ1) is 12.6. The fourth-order valence-corrected chi connectivity index (χ4v) is 2.17. The summed E-state index contributed by atoms with van der Waals surface area (Å²) in [5.74, 6) is 0.753. The summed E-state index contributed by atoms with van der Waals surface area (Å²) in [5.41, 5.74) is 2.16. The zero-order chi connectivity index (χ0) is 13.0. The van der Waals surface area contributed by atoms with E-state index < -0.39 is 0 Å². The van der Waals surface area contributed by atoms with Gasteiger partial charge in [0.2, 0.25) is 0 Å². The van der Waals surface area contributed by atoms with Crippen LogP contribution in [0.4, 0.5) is 4.39 Å². The molecule has 1 nitrogen and oxygen atoms in total. The SMILES string of the molecule is COc1ccc(F)cc1C(C)Cc1ccccc1. The molecule has 0 amide bonds. The zero-order valence-electron chi connectivity index (χ0n) is 10.7. The molecule has 0 heterocycles. The first-order chi connectivity index (χ1) is 8.70. The summed E-state index contributed by atoms with van der Waals surface area (Å²) in [6.07, 6.45) is 0.876. The molecule has 0 spiro atoms. The monoisotopic (exact) mass is 244 g/mol. The fourth-order valence-electron chi connectivity index (χ4n) is 2.17. The Morgan fingerprint density at radius 3 is 2.50 bits per heavy atom. The van der Waals surface area contributed by atoms with Gasteiger partial charge in [-0.3, -0.25) is 0 Å². The third-order valence-electron chi connectivity index (χ3n) is 3.11. The normalized spacial score (nSPS) is 12.2. The summed E-state index contributed by atoms with van der Waals surface area (Å²) in [5, 5.41) is 0. The number of rotatable bonds is 4. The highest BCUT2D eigenvalue weighted by atomic mass is 19.1. The van der Waals surface area contributed by atoms with E-state index in [0.29, 0.717) is 0 Å². The Labute approximate surface area is 107 Å². The molecule has 2 aromatic carbocycles. The molecule has 0 aliphatic carbocycles. The lowest BCUT2D eigenvalue weighted by molar-refractivity contribution is 0.405. The Morgan fingerprint density at radius 1 is 1.11 bits per heavy atom.